The number of hydrogen-bond acceptors (Lipinski definition) is 4. The Bertz CT molecular complexity index is 744. The maximum Gasteiger partial charge on any atom is 0.271 e. The first-order chi connectivity index (χ1) is 10.6. The number of rotatable bonds is 4. The smallest absolute Gasteiger partial charge is 0.271 e. The number of nitro benzene ring substituents is 1. The normalized spacial score (nSPS) is 16.0. The molecule has 0 radical (unpaired) electrons. The highest BCUT2D eigenvalue weighted by Crippen LogP contribution is 2.36. The van der Waals surface area contributed by atoms with Crippen LogP contribution in [0.15, 0.2) is 42.5 Å². The molecule has 2 aromatic carbocycles. The van der Waals surface area contributed by atoms with E-state index in [0.717, 1.165) is 11.1 Å². The van der Waals surface area contributed by atoms with Crippen LogP contribution in [-0.2, 0) is 5.88 Å². The molecule has 112 valence electrons. The number of Topliss-reactive ketones (excluding diaryl/α,β-unsaturated/α-hetero) is 1. The molecular weight excluding hydrogens is 304 g/mol. The lowest BCUT2D eigenvalue weighted by Crippen LogP contribution is -2.14. The maximum atomic E-state index is 12.6. The molecule has 6 heteroatoms. The summed E-state index contributed by atoms with van der Waals surface area (Å²) < 4.78 is 0. The predicted octanol–water partition coefficient (Wildman–Crippen LogP) is 3.73. The highest BCUT2D eigenvalue weighted by molar-refractivity contribution is 6.17. The summed E-state index contributed by atoms with van der Waals surface area (Å²) >= 11 is 5.74. The number of nitro groups is 1. The van der Waals surface area contributed by atoms with Crippen molar-refractivity contribution in [1.82, 2.24) is 0 Å². The van der Waals surface area contributed by atoms with E-state index in [9.17, 15) is 14.9 Å². The average molecular weight is 317 g/mol. The number of anilines is 1. The second kappa shape index (κ2) is 5.77. The molecule has 1 aliphatic rings. The van der Waals surface area contributed by atoms with Crippen molar-refractivity contribution in [2.24, 2.45) is 0 Å². The Balaban J connectivity index is 1.88. The lowest BCUT2D eigenvalue weighted by atomic mass is 9.92. The lowest BCUT2D eigenvalue weighted by molar-refractivity contribution is -0.384. The minimum atomic E-state index is -0.442. The van der Waals surface area contributed by atoms with E-state index >= 15 is 0 Å². The minimum absolute atomic E-state index is 0.00113. The van der Waals surface area contributed by atoms with Crippen LogP contribution in [0.3, 0.4) is 0 Å². The molecule has 0 spiro atoms. The van der Waals surface area contributed by atoms with Gasteiger partial charge in [0.2, 0.25) is 0 Å². The Labute approximate surface area is 132 Å². The van der Waals surface area contributed by atoms with E-state index in [4.69, 9.17) is 11.6 Å². The fraction of sp³-hybridized carbons (Fsp3) is 0.188. The largest absolute Gasteiger partial charge is 0.384 e. The summed E-state index contributed by atoms with van der Waals surface area (Å²) in [5, 5.41) is 13.9. The molecule has 1 N–H and O–H groups in total. The molecule has 0 amide bonds. The molecule has 0 aliphatic carbocycles. The third-order valence-corrected chi connectivity index (χ3v) is 4.14. The van der Waals surface area contributed by atoms with E-state index < -0.39 is 4.92 Å². The van der Waals surface area contributed by atoms with Gasteiger partial charge in [0.15, 0.2) is 5.78 Å². The summed E-state index contributed by atoms with van der Waals surface area (Å²) in [5.41, 5.74) is 3.05. The second-order valence-corrected chi connectivity index (χ2v) is 5.42. The van der Waals surface area contributed by atoms with E-state index in [1.165, 1.54) is 12.1 Å². The van der Waals surface area contributed by atoms with Crippen LogP contribution >= 0.6 is 11.6 Å². The standard InChI is InChI=1S/C16H13ClN2O3/c17-8-10-1-3-11(4-2-10)16(20)14-9-18-15-7-12(19(21)22)5-6-13(14)15/h1-7,14,18H,8-9H2. The van der Waals surface area contributed by atoms with Crippen LogP contribution in [0.5, 0.6) is 0 Å². The number of fused-ring (bicyclic) bond motifs is 1. The van der Waals surface area contributed by atoms with Crippen LogP contribution in [0.4, 0.5) is 11.4 Å². The number of nitrogens with zero attached hydrogens (tertiary/aromatic N) is 1. The third kappa shape index (κ3) is 2.55. The van der Waals surface area contributed by atoms with E-state index in [1.54, 1.807) is 18.2 Å². The van der Waals surface area contributed by atoms with Gasteiger partial charge in [-0.3, -0.25) is 14.9 Å². The molecule has 1 heterocycles. The molecule has 0 saturated heterocycles. The summed E-state index contributed by atoms with van der Waals surface area (Å²) in [7, 11) is 0. The molecular formula is C16H13ClN2O3. The zero-order valence-corrected chi connectivity index (χ0v) is 12.3. The van der Waals surface area contributed by atoms with Crippen molar-refractivity contribution in [3.05, 3.63) is 69.3 Å². The quantitative estimate of drug-likeness (QED) is 0.404. The minimum Gasteiger partial charge on any atom is -0.384 e. The molecule has 0 saturated carbocycles. The first-order valence-corrected chi connectivity index (χ1v) is 7.35. The monoisotopic (exact) mass is 316 g/mol. The number of carbonyl (C=O) groups excluding carboxylic acids is 1. The fourth-order valence-corrected chi connectivity index (χ4v) is 2.81. The first-order valence-electron chi connectivity index (χ1n) is 6.81. The number of benzene rings is 2. The zero-order chi connectivity index (χ0) is 15.7. The molecule has 0 aromatic heterocycles. The van der Waals surface area contributed by atoms with Gasteiger partial charge in [-0.05, 0) is 17.2 Å². The zero-order valence-electron chi connectivity index (χ0n) is 11.6. The van der Waals surface area contributed by atoms with Gasteiger partial charge in [-0.15, -0.1) is 11.6 Å². The van der Waals surface area contributed by atoms with Crippen molar-refractivity contribution < 1.29 is 9.72 Å². The predicted molar refractivity (Wildman–Crippen MR) is 84.7 cm³/mol. The number of halogens is 1. The summed E-state index contributed by atoms with van der Waals surface area (Å²) in [6.45, 7) is 0.451. The number of alkyl halides is 1. The molecule has 2 aromatic rings. The molecule has 0 bridgehead atoms. The SMILES string of the molecule is O=C(c1ccc(CCl)cc1)C1CNc2cc([N+](=O)[O-])ccc21. The van der Waals surface area contributed by atoms with Gasteiger partial charge in [0, 0.05) is 35.8 Å². The van der Waals surface area contributed by atoms with Gasteiger partial charge in [-0.25, -0.2) is 0 Å². The van der Waals surface area contributed by atoms with E-state index in [0.29, 0.717) is 23.7 Å². The molecule has 22 heavy (non-hydrogen) atoms. The van der Waals surface area contributed by atoms with Crippen LogP contribution in [0.1, 0.15) is 27.4 Å². The molecule has 1 aliphatic heterocycles. The number of carbonyl (C=O) groups is 1. The highest BCUT2D eigenvalue weighted by atomic mass is 35.5. The van der Waals surface area contributed by atoms with Crippen molar-refractivity contribution in [2.75, 3.05) is 11.9 Å². The van der Waals surface area contributed by atoms with Crippen LogP contribution in [0.25, 0.3) is 0 Å². The number of nitrogens with one attached hydrogen (secondary N) is 1. The Morgan fingerprint density at radius 3 is 2.64 bits per heavy atom. The molecule has 1 unspecified atom stereocenters. The van der Waals surface area contributed by atoms with Crippen molar-refractivity contribution >= 4 is 28.8 Å². The second-order valence-electron chi connectivity index (χ2n) is 5.16. The van der Waals surface area contributed by atoms with Gasteiger partial charge >= 0.3 is 0 Å². The van der Waals surface area contributed by atoms with E-state index in [2.05, 4.69) is 5.32 Å². The molecule has 3 rings (SSSR count). The highest BCUT2D eigenvalue weighted by Gasteiger charge is 2.30. The van der Waals surface area contributed by atoms with Crippen molar-refractivity contribution in [1.29, 1.82) is 0 Å². The first kappa shape index (κ1) is 14.5. The van der Waals surface area contributed by atoms with Gasteiger partial charge in [-0.1, -0.05) is 24.3 Å². The fourth-order valence-electron chi connectivity index (χ4n) is 2.63. The van der Waals surface area contributed by atoms with Gasteiger partial charge < -0.3 is 5.32 Å². The van der Waals surface area contributed by atoms with Crippen LogP contribution in [0, 0.1) is 10.1 Å². The van der Waals surface area contributed by atoms with Crippen LogP contribution in [0.2, 0.25) is 0 Å². The Morgan fingerprint density at radius 2 is 2.00 bits per heavy atom. The average Bonchev–Trinajstić information content (AvgIpc) is 2.97. The van der Waals surface area contributed by atoms with Crippen molar-refractivity contribution in [2.45, 2.75) is 11.8 Å². The van der Waals surface area contributed by atoms with Crippen molar-refractivity contribution in [3.8, 4) is 0 Å². The molecule has 1 atom stereocenters. The van der Waals surface area contributed by atoms with E-state index in [-0.39, 0.29) is 17.4 Å². The Hall–Kier alpha value is -2.40. The molecule has 5 nitrogen and oxygen atoms in total. The maximum absolute atomic E-state index is 12.6. The van der Waals surface area contributed by atoms with Crippen LogP contribution < -0.4 is 5.32 Å². The topological polar surface area (TPSA) is 72.2 Å². The Kier molecular flexibility index (Phi) is 3.81. The number of non-ortho nitro benzene ring substituents is 1. The summed E-state index contributed by atoms with van der Waals surface area (Å²) in [5.74, 6) is 0.0882. The van der Waals surface area contributed by atoms with E-state index in [1.807, 2.05) is 12.1 Å². The number of hydrogen-bond donors (Lipinski definition) is 1. The van der Waals surface area contributed by atoms with Gasteiger partial charge in [-0.2, -0.15) is 0 Å². The van der Waals surface area contributed by atoms with Crippen molar-refractivity contribution in [3.63, 3.8) is 0 Å². The lowest BCUT2D eigenvalue weighted by Gasteiger charge is -2.09. The summed E-state index contributed by atoms with van der Waals surface area (Å²) in [4.78, 5) is 23.0. The third-order valence-electron chi connectivity index (χ3n) is 3.83. The van der Waals surface area contributed by atoms with Crippen LogP contribution in [-0.4, -0.2) is 17.3 Å². The Morgan fingerprint density at radius 1 is 1.27 bits per heavy atom. The summed E-state index contributed by atoms with van der Waals surface area (Å²) in [6, 6.07) is 11.8. The molecule has 0 fully saturated rings. The number of ketones is 1. The van der Waals surface area contributed by atoms with Gasteiger partial charge in [0.25, 0.3) is 5.69 Å². The summed E-state index contributed by atoms with van der Waals surface area (Å²) in [6.07, 6.45) is 0. The van der Waals surface area contributed by atoms with Gasteiger partial charge in [0.1, 0.15) is 0 Å². The van der Waals surface area contributed by atoms with Gasteiger partial charge in [0.05, 0.1) is 10.8 Å².